The third-order valence-corrected chi connectivity index (χ3v) is 8.20. The summed E-state index contributed by atoms with van der Waals surface area (Å²) in [5.74, 6) is 1.18. The minimum atomic E-state index is -0.447. The van der Waals surface area contributed by atoms with Crippen LogP contribution in [-0.4, -0.2) is 54.2 Å². The second-order valence-corrected chi connectivity index (χ2v) is 11.2. The van der Waals surface area contributed by atoms with Crippen molar-refractivity contribution in [1.29, 1.82) is 0 Å². The average Bonchev–Trinajstić information content (AvgIpc) is 3.63. The number of anilines is 3. The molecule has 2 saturated heterocycles. The number of nitrogens with zero attached hydrogens (tertiary/aromatic N) is 5. The number of piperazine rings is 1. The molecule has 1 aromatic heterocycles. The van der Waals surface area contributed by atoms with E-state index in [4.69, 9.17) is 15.2 Å². The molecule has 0 amide bonds. The van der Waals surface area contributed by atoms with Crippen molar-refractivity contribution in [3.05, 3.63) is 96.1 Å². The van der Waals surface area contributed by atoms with E-state index in [2.05, 4.69) is 88.3 Å². The molecule has 0 spiro atoms. The van der Waals surface area contributed by atoms with Gasteiger partial charge in [0.25, 0.3) is 0 Å². The van der Waals surface area contributed by atoms with Gasteiger partial charge in [-0.1, -0.05) is 23.8 Å². The van der Waals surface area contributed by atoms with Crippen LogP contribution in [0.3, 0.4) is 0 Å². The lowest BCUT2D eigenvalue weighted by Crippen LogP contribution is -2.46. The lowest BCUT2D eigenvalue weighted by Gasteiger charge is -2.37. The molecule has 208 valence electrons. The van der Waals surface area contributed by atoms with Crippen LogP contribution in [-0.2, 0) is 16.9 Å². The zero-order valence-electron chi connectivity index (χ0n) is 23.4. The summed E-state index contributed by atoms with van der Waals surface area (Å²) in [6, 6.07) is 23.3. The Labute approximate surface area is 236 Å². The van der Waals surface area contributed by atoms with Gasteiger partial charge in [0.15, 0.2) is 0 Å². The molecule has 2 aliphatic rings. The van der Waals surface area contributed by atoms with Crippen molar-refractivity contribution in [3.63, 3.8) is 0 Å². The maximum absolute atomic E-state index is 6.58. The smallest absolute Gasteiger partial charge is 0.137 e. The molecule has 3 aromatic carbocycles. The highest BCUT2D eigenvalue weighted by atomic mass is 16.5. The van der Waals surface area contributed by atoms with Gasteiger partial charge in [0.2, 0.25) is 0 Å². The van der Waals surface area contributed by atoms with E-state index >= 15 is 0 Å². The van der Waals surface area contributed by atoms with E-state index in [0.717, 1.165) is 44.0 Å². The quantitative estimate of drug-likeness (QED) is 0.322. The zero-order valence-corrected chi connectivity index (χ0v) is 23.4. The molecule has 8 nitrogen and oxygen atoms in total. The van der Waals surface area contributed by atoms with E-state index in [9.17, 15) is 0 Å². The number of hydrogen-bond acceptors (Lipinski definition) is 7. The van der Waals surface area contributed by atoms with Crippen LogP contribution in [0.2, 0.25) is 0 Å². The number of nitrogens with two attached hydrogens (primary N) is 1. The molecule has 2 atom stereocenters. The summed E-state index contributed by atoms with van der Waals surface area (Å²) in [7, 11) is 0. The maximum atomic E-state index is 6.58. The number of aromatic nitrogens is 3. The largest absolute Gasteiger partial charge is 0.493 e. The molecule has 3 heterocycles. The first-order valence-electron chi connectivity index (χ1n) is 14.1. The molecular weight excluding hydrogens is 500 g/mol. The number of benzene rings is 3. The van der Waals surface area contributed by atoms with Crippen molar-refractivity contribution in [3.8, 4) is 5.75 Å². The number of hydrogen-bond donors (Lipinski definition) is 1. The summed E-state index contributed by atoms with van der Waals surface area (Å²) < 4.78 is 14.7. The molecule has 0 aliphatic carbocycles. The second kappa shape index (κ2) is 11.2. The van der Waals surface area contributed by atoms with E-state index in [1.54, 1.807) is 12.7 Å². The van der Waals surface area contributed by atoms with Crippen LogP contribution >= 0.6 is 0 Å². The van der Waals surface area contributed by atoms with E-state index in [-0.39, 0.29) is 5.92 Å². The molecule has 8 heteroatoms. The van der Waals surface area contributed by atoms with Crippen LogP contribution in [0.15, 0.2) is 79.4 Å². The second-order valence-electron chi connectivity index (χ2n) is 11.2. The number of rotatable bonds is 8. The molecule has 6 rings (SSSR count). The first-order chi connectivity index (χ1) is 19.5. The Morgan fingerprint density at radius 1 is 0.925 bits per heavy atom. The van der Waals surface area contributed by atoms with Gasteiger partial charge in [-0.25, -0.2) is 9.67 Å². The van der Waals surface area contributed by atoms with Crippen LogP contribution in [0, 0.1) is 19.8 Å². The monoisotopic (exact) mass is 538 g/mol. The summed E-state index contributed by atoms with van der Waals surface area (Å²) in [6.45, 7) is 10.1. The van der Waals surface area contributed by atoms with Gasteiger partial charge in [0.05, 0.1) is 19.8 Å². The van der Waals surface area contributed by atoms with Crippen molar-refractivity contribution in [1.82, 2.24) is 14.8 Å². The van der Waals surface area contributed by atoms with Crippen molar-refractivity contribution >= 4 is 17.1 Å². The molecule has 4 aromatic rings. The summed E-state index contributed by atoms with van der Waals surface area (Å²) in [6.07, 6.45) is 4.21. The van der Waals surface area contributed by atoms with Gasteiger partial charge in [-0.05, 0) is 79.9 Å². The Morgan fingerprint density at radius 3 is 2.23 bits per heavy atom. The predicted molar refractivity (Wildman–Crippen MR) is 159 cm³/mol. The van der Waals surface area contributed by atoms with Gasteiger partial charge in [0.1, 0.15) is 24.0 Å². The van der Waals surface area contributed by atoms with Crippen LogP contribution in [0.25, 0.3) is 0 Å². The molecule has 2 N–H and O–H groups in total. The standard InChI is InChI=1S/C32H38N6O2/c1-24-3-12-31(25(2)17-24)32(21-38-23-34-22-35-38)18-26(20-40-32)19-39-30-10-8-29(9-11-30)37-15-13-36(14-16-37)28-6-4-27(33)5-7-28/h3-12,17,22-23,26H,13-16,18-21,33H2,1-2H3/t26-,32+/m1/s1. The van der Waals surface area contributed by atoms with Crippen LogP contribution < -0.4 is 20.3 Å². The number of ether oxygens (including phenoxy) is 2. The van der Waals surface area contributed by atoms with Gasteiger partial charge in [-0.3, -0.25) is 0 Å². The molecule has 0 radical (unpaired) electrons. The zero-order chi connectivity index (χ0) is 27.5. The molecular formula is C32H38N6O2. The Hall–Kier alpha value is -4.04. The summed E-state index contributed by atoms with van der Waals surface area (Å²) in [5, 5.41) is 4.37. The molecule has 40 heavy (non-hydrogen) atoms. The lowest BCUT2D eigenvalue weighted by molar-refractivity contribution is -0.0184. The van der Waals surface area contributed by atoms with E-state index < -0.39 is 5.60 Å². The Kier molecular flexibility index (Phi) is 7.34. The van der Waals surface area contributed by atoms with Gasteiger partial charge < -0.3 is 25.0 Å². The molecule has 0 unspecified atom stereocenters. The highest BCUT2D eigenvalue weighted by Gasteiger charge is 2.43. The molecule has 0 bridgehead atoms. The average molecular weight is 539 g/mol. The fourth-order valence-electron chi connectivity index (χ4n) is 6.13. The molecule has 2 fully saturated rings. The summed E-state index contributed by atoms with van der Waals surface area (Å²) >= 11 is 0. The van der Waals surface area contributed by atoms with Gasteiger partial charge in [-0.2, -0.15) is 5.10 Å². The fraction of sp³-hybridized carbons (Fsp3) is 0.375. The SMILES string of the molecule is Cc1ccc([C@@]2(Cn3cncn3)C[C@H](COc3ccc(N4CCN(c5ccc(N)cc5)CC4)cc3)CO2)c(C)c1. The third-order valence-electron chi connectivity index (χ3n) is 8.20. The van der Waals surface area contributed by atoms with Gasteiger partial charge in [0, 0.05) is 49.2 Å². The highest BCUT2D eigenvalue weighted by molar-refractivity contribution is 5.55. The Morgan fingerprint density at radius 2 is 1.60 bits per heavy atom. The Bertz CT molecular complexity index is 1400. The normalized spacial score (nSPS) is 21.1. The Balaban J connectivity index is 1.06. The first kappa shape index (κ1) is 26.2. The topological polar surface area (TPSA) is 81.7 Å². The predicted octanol–water partition coefficient (Wildman–Crippen LogP) is 4.81. The van der Waals surface area contributed by atoms with E-state index in [1.807, 2.05) is 16.8 Å². The molecule has 2 aliphatic heterocycles. The fourth-order valence-corrected chi connectivity index (χ4v) is 6.13. The van der Waals surface area contributed by atoms with Crippen molar-refractivity contribution < 1.29 is 9.47 Å². The number of aryl methyl sites for hydroxylation is 2. The lowest BCUT2D eigenvalue weighted by atomic mass is 9.84. The first-order valence-corrected chi connectivity index (χ1v) is 14.1. The van der Waals surface area contributed by atoms with Gasteiger partial charge in [-0.15, -0.1) is 0 Å². The third kappa shape index (κ3) is 5.63. The maximum Gasteiger partial charge on any atom is 0.137 e. The van der Waals surface area contributed by atoms with Crippen LogP contribution in [0.4, 0.5) is 17.1 Å². The van der Waals surface area contributed by atoms with Gasteiger partial charge >= 0.3 is 0 Å². The van der Waals surface area contributed by atoms with Crippen LogP contribution in [0.5, 0.6) is 5.75 Å². The highest BCUT2D eigenvalue weighted by Crippen LogP contribution is 2.42. The molecule has 0 saturated carbocycles. The summed E-state index contributed by atoms with van der Waals surface area (Å²) in [5.41, 5.74) is 12.4. The van der Waals surface area contributed by atoms with E-state index in [0.29, 0.717) is 19.8 Å². The van der Waals surface area contributed by atoms with Crippen molar-refractivity contribution in [2.24, 2.45) is 5.92 Å². The summed E-state index contributed by atoms with van der Waals surface area (Å²) in [4.78, 5) is 8.99. The minimum Gasteiger partial charge on any atom is -0.493 e. The number of nitrogen functional groups attached to an aromatic ring is 1. The van der Waals surface area contributed by atoms with Crippen molar-refractivity contribution in [2.75, 3.05) is 54.9 Å². The van der Waals surface area contributed by atoms with Crippen LogP contribution in [0.1, 0.15) is 23.1 Å². The van der Waals surface area contributed by atoms with Crippen molar-refractivity contribution in [2.45, 2.75) is 32.4 Å². The van der Waals surface area contributed by atoms with E-state index in [1.165, 1.54) is 28.1 Å². The minimum absolute atomic E-state index is 0.283.